The average molecular weight is 314 g/mol. The van der Waals surface area contributed by atoms with Crippen molar-refractivity contribution in [3.05, 3.63) is 17.1 Å². The molecular weight excluding hydrogens is 288 g/mol. The number of fused-ring (bicyclic) bond motifs is 2. The fourth-order valence-corrected chi connectivity index (χ4v) is 4.51. The number of aromatic nitrogens is 2. The largest absolute Gasteiger partial charge is 0.356 e. The Balaban J connectivity index is 1.51. The van der Waals surface area contributed by atoms with Gasteiger partial charge >= 0.3 is 0 Å². The summed E-state index contributed by atoms with van der Waals surface area (Å²) in [5.74, 6) is 3.70. The Morgan fingerprint density at radius 3 is 2.43 bits per heavy atom. The summed E-state index contributed by atoms with van der Waals surface area (Å²) in [4.78, 5) is 26.2. The van der Waals surface area contributed by atoms with Crippen molar-refractivity contribution in [1.29, 1.82) is 0 Å². The summed E-state index contributed by atoms with van der Waals surface area (Å²) >= 11 is 0. The van der Waals surface area contributed by atoms with E-state index in [0.29, 0.717) is 17.7 Å². The second-order valence-corrected chi connectivity index (χ2v) is 7.70. The zero-order valence-corrected chi connectivity index (χ0v) is 14.4. The lowest BCUT2D eigenvalue weighted by molar-refractivity contribution is -0.133. The second-order valence-electron chi connectivity index (χ2n) is 7.70. The van der Waals surface area contributed by atoms with Crippen molar-refractivity contribution in [3.8, 4) is 0 Å². The molecule has 23 heavy (non-hydrogen) atoms. The van der Waals surface area contributed by atoms with Crippen LogP contribution in [0.3, 0.4) is 0 Å². The molecule has 3 aliphatic rings. The average Bonchev–Trinajstić information content (AvgIpc) is 3.18. The van der Waals surface area contributed by atoms with Crippen molar-refractivity contribution in [3.63, 3.8) is 0 Å². The van der Waals surface area contributed by atoms with E-state index < -0.39 is 0 Å². The molecule has 2 fully saturated rings. The van der Waals surface area contributed by atoms with Gasteiger partial charge in [0.1, 0.15) is 11.6 Å². The van der Waals surface area contributed by atoms with Crippen molar-refractivity contribution in [2.24, 2.45) is 17.8 Å². The molecule has 0 bridgehead atoms. The first-order valence-electron chi connectivity index (χ1n) is 8.93. The van der Waals surface area contributed by atoms with Crippen LogP contribution in [-0.4, -0.2) is 47.0 Å². The molecule has 2 unspecified atom stereocenters. The van der Waals surface area contributed by atoms with Gasteiger partial charge in [0.05, 0.1) is 0 Å². The number of amides is 1. The molecule has 0 aromatic carbocycles. The Kier molecular flexibility index (Phi) is 3.54. The van der Waals surface area contributed by atoms with Gasteiger partial charge in [0.2, 0.25) is 5.91 Å². The standard InChI is InChI=1S/C18H26N4O/c1-11(2)18(23)22-9-13-7-21(8-14(13)10-22)17-15-5-4-6-16(15)19-12(3)20-17/h11,13-14H,4-10H2,1-3H3. The molecule has 0 spiro atoms. The van der Waals surface area contributed by atoms with E-state index in [4.69, 9.17) is 4.98 Å². The second kappa shape index (κ2) is 5.46. The summed E-state index contributed by atoms with van der Waals surface area (Å²) in [5.41, 5.74) is 2.65. The van der Waals surface area contributed by atoms with Crippen LogP contribution >= 0.6 is 0 Å². The molecule has 5 nitrogen and oxygen atoms in total. The lowest BCUT2D eigenvalue weighted by Gasteiger charge is -2.25. The Bertz CT molecular complexity index is 628. The Morgan fingerprint density at radius 1 is 1.09 bits per heavy atom. The van der Waals surface area contributed by atoms with Gasteiger partial charge < -0.3 is 9.80 Å². The lowest BCUT2D eigenvalue weighted by Crippen LogP contribution is -2.36. The van der Waals surface area contributed by atoms with Crippen molar-refractivity contribution < 1.29 is 4.79 Å². The van der Waals surface area contributed by atoms with Gasteiger partial charge in [-0.15, -0.1) is 0 Å². The maximum absolute atomic E-state index is 12.2. The van der Waals surface area contributed by atoms with Crippen LogP contribution in [0.4, 0.5) is 5.82 Å². The third kappa shape index (κ3) is 2.50. The highest BCUT2D eigenvalue weighted by Crippen LogP contribution is 2.37. The lowest BCUT2D eigenvalue weighted by atomic mass is 10.0. The van der Waals surface area contributed by atoms with Crippen LogP contribution in [0.1, 0.15) is 37.4 Å². The summed E-state index contributed by atoms with van der Waals surface area (Å²) in [5, 5.41) is 0. The summed E-state index contributed by atoms with van der Waals surface area (Å²) < 4.78 is 0. The number of aryl methyl sites for hydroxylation is 2. The van der Waals surface area contributed by atoms with E-state index in [1.54, 1.807) is 0 Å². The van der Waals surface area contributed by atoms with E-state index in [9.17, 15) is 4.79 Å². The first-order valence-corrected chi connectivity index (χ1v) is 8.93. The van der Waals surface area contributed by atoms with E-state index >= 15 is 0 Å². The number of likely N-dealkylation sites (tertiary alicyclic amines) is 1. The molecule has 1 aromatic heterocycles. The van der Waals surface area contributed by atoms with Gasteiger partial charge in [0.25, 0.3) is 0 Å². The van der Waals surface area contributed by atoms with Crippen molar-refractivity contribution >= 4 is 11.7 Å². The SMILES string of the molecule is Cc1nc2c(c(N3CC4CN(C(=O)C(C)C)CC4C3)n1)CCC2. The molecule has 5 heteroatoms. The number of nitrogens with zero attached hydrogens (tertiary/aromatic N) is 4. The normalized spacial score (nSPS) is 26.1. The predicted molar refractivity (Wildman–Crippen MR) is 89.4 cm³/mol. The first kappa shape index (κ1) is 14.9. The van der Waals surface area contributed by atoms with E-state index in [1.165, 1.54) is 23.5 Å². The van der Waals surface area contributed by atoms with Crippen molar-refractivity contribution in [2.45, 2.75) is 40.0 Å². The van der Waals surface area contributed by atoms with E-state index in [2.05, 4.69) is 14.8 Å². The fourth-order valence-electron chi connectivity index (χ4n) is 4.51. The minimum absolute atomic E-state index is 0.109. The zero-order valence-electron chi connectivity index (χ0n) is 14.4. The van der Waals surface area contributed by atoms with Gasteiger partial charge in [-0.2, -0.15) is 0 Å². The molecule has 2 atom stereocenters. The molecule has 4 rings (SSSR count). The van der Waals surface area contributed by atoms with Crippen LogP contribution in [0.2, 0.25) is 0 Å². The minimum atomic E-state index is 0.109. The van der Waals surface area contributed by atoms with Gasteiger partial charge in [-0.3, -0.25) is 4.79 Å². The molecule has 0 saturated carbocycles. The first-order chi connectivity index (χ1) is 11.0. The summed E-state index contributed by atoms with van der Waals surface area (Å²) in [6, 6.07) is 0. The van der Waals surface area contributed by atoms with Crippen LogP contribution in [-0.2, 0) is 17.6 Å². The molecule has 1 aliphatic carbocycles. The smallest absolute Gasteiger partial charge is 0.225 e. The van der Waals surface area contributed by atoms with Crippen molar-refractivity contribution in [2.75, 3.05) is 31.1 Å². The van der Waals surface area contributed by atoms with Crippen LogP contribution in [0.5, 0.6) is 0 Å². The monoisotopic (exact) mass is 314 g/mol. The fraction of sp³-hybridized carbons (Fsp3) is 0.722. The Morgan fingerprint density at radius 2 is 1.78 bits per heavy atom. The minimum Gasteiger partial charge on any atom is -0.356 e. The van der Waals surface area contributed by atoms with Crippen LogP contribution < -0.4 is 4.90 Å². The molecule has 3 heterocycles. The van der Waals surface area contributed by atoms with Crippen LogP contribution in [0.15, 0.2) is 0 Å². The Hall–Kier alpha value is -1.65. The summed E-state index contributed by atoms with van der Waals surface area (Å²) in [7, 11) is 0. The summed E-state index contributed by atoms with van der Waals surface area (Å²) in [6.07, 6.45) is 3.43. The molecule has 1 amide bonds. The zero-order chi connectivity index (χ0) is 16.1. The van der Waals surface area contributed by atoms with Gasteiger partial charge in [-0.05, 0) is 26.2 Å². The number of hydrogen-bond donors (Lipinski definition) is 0. The molecule has 1 aromatic rings. The number of hydrogen-bond acceptors (Lipinski definition) is 4. The highest BCUT2D eigenvalue weighted by atomic mass is 16.2. The molecule has 2 aliphatic heterocycles. The van der Waals surface area contributed by atoms with Gasteiger partial charge in [-0.25, -0.2) is 9.97 Å². The molecule has 124 valence electrons. The Labute approximate surface area is 138 Å². The van der Waals surface area contributed by atoms with Gasteiger partial charge in [0.15, 0.2) is 0 Å². The van der Waals surface area contributed by atoms with Gasteiger partial charge in [0, 0.05) is 55.2 Å². The van der Waals surface area contributed by atoms with Crippen LogP contribution in [0, 0.1) is 24.7 Å². The van der Waals surface area contributed by atoms with Gasteiger partial charge in [-0.1, -0.05) is 13.8 Å². The number of carbonyl (C=O) groups is 1. The quantitative estimate of drug-likeness (QED) is 0.835. The maximum atomic E-state index is 12.2. The number of anilines is 1. The highest BCUT2D eigenvalue weighted by Gasteiger charge is 2.43. The van der Waals surface area contributed by atoms with E-state index in [1.807, 2.05) is 20.8 Å². The summed E-state index contributed by atoms with van der Waals surface area (Å²) in [6.45, 7) is 9.91. The predicted octanol–water partition coefficient (Wildman–Crippen LogP) is 1.82. The van der Waals surface area contributed by atoms with E-state index in [-0.39, 0.29) is 5.92 Å². The number of rotatable bonds is 2. The number of carbonyl (C=O) groups excluding carboxylic acids is 1. The molecule has 2 saturated heterocycles. The van der Waals surface area contributed by atoms with Crippen LogP contribution in [0.25, 0.3) is 0 Å². The van der Waals surface area contributed by atoms with Crippen molar-refractivity contribution in [1.82, 2.24) is 14.9 Å². The van der Waals surface area contributed by atoms with E-state index in [0.717, 1.165) is 44.8 Å². The molecule has 0 radical (unpaired) electrons. The molecule has 0 N–H and O–H groups in total. The maximum Gasteiger partial charge on any atom is 0.225 e. The topological polar surface area (TPSA) is 49.3 Å². The third-order valence-electron chi connectivity index (χ3n) is 5.61. The highest BCUT2D eigenvalue weighted by molar-refractivity contribution is 5.78. The third-order valence-corrected chi connectivity index (χ3v) is 5.61. The molecular formula is C18H26N4O.